The SMILES string of the molecule is Cc1cc(SCC2=C(C(=O)O)N3C(=O)C(NC(=O)/C(=N\OC(C)(C)C(=O)NN)c4csc(N)n4)[C@H]3SC2)n2nnnc2n1. The zero-order valence-electron chi connectivity index (χ0n) is 22.7. The minimum atomic E-state index is -1.55. The number of nitrogens with one attached hydrogen (secondary N) is 2. The number of aryl methyl sites for hydroxylation is 1. The van der Waals surface area contributed by atoms with E-state index in [1.807, 2.05) is 5.43 Å². The van der Waals surface area contributed by atoms with E-state index in [0.29, 0.717) is 22.1 Å². The molecule has 0 saturated carbocycles. The summed E-state index contributed by atoms with van der Waals surface area (Å²) in [5.74, 6) is 2.59. The highest BCUT2D eigenvalue weighted by Gasteiger charge is 2.54. The molecule has 3 aromatic rings. The molecule has 0 aromatic carbocycles. The molecule has 0 aliphatic carbocycles. The van der Waals surface area contributed by atoms with Gasteiger partial charge in [-0.25, -0.2) is 20.6 Å². The summed E-state index contributed by atoms with van der Waals surface area (Å²) >= 11 is 3.65. The van der Waals surface area contributed by atoms with Gasteiger partial charge in [0, 0.05) is 22.6 Å². The number of hydrogen-bond acceptors (Lipinski definition) is 16. The Bertz CT molecular complexity index is 1700. The number of hydrazine groups is 1. The normalized spacial score (nSPS) is 18.7. The predicted molar refractivity (Wildman–Crippen MR) is 154 cm³/mol. The summed E-state index contributed by atoms with van der Waals surface area (Å²) in [6, 6.07) is 0.711. The van der Waals surface area contributed by atoms with Crippen molar-refractivity contribution in [3.63, 3.8) is 0 Å². The number of nitrogen functional groups attached to an aromatic ring is 1. The molecular weight excluding hydrogens is 625 g/mol. The van der Waals surface area contributed by atoms with Gasteiger partial charge in [-0.15, -0.1) is 34.9 Å². The van der Waals surface area contributed by atoms with Crippen molar-refractivity contribution in [1.82, 2.24) is 45.7 Å². The van der Waals surface area contributed by atoms with Crippen molar-refractivity contribution >= 4 is 75.2 Å². The molecule has 0 bridgehead atoms. The number of nitrogens with two attached hydrogens (primary N) is 2. The van der Waals surface area contributed by atoms with Crippen LogP contribution in [-0.2, 0) is 24.0 Å². The van der Waals surface area contributed by atoms with E-state index in [2.05, 4.69) is 36.0 Å². The summed E-state index contributed by atoms with van der Waals surface area (Å²) in [5.41, 5.74) is 6.88. The van der Waals surface area contributed by atoms with Gasteiger partial charge in [-0.1, -0.05) is 10.3 Å². The van der Waals surface area contributed by atoms with Crippen LogP contribution in [0.1, 0.15) is 25.2 Å². The Hall–Kier alpha value is -4.34. The number of aromatic nitrogens is 6. The van der Waals surface area contributed by atoms with Crippen LogP contribution < -0.4 is 22.3 Å². The lowest BCUT2D eigenvalue weighted by atomic mass is 10.0. The van der Waals surface area contributed by atoms with Gasteiger partial charge in [0.05, 0.1) is 0 Å². The third kappa shape index (κ3) is 5.83. The van der Waals surface area contributed by atoms with Gasteiger partial charge in [0.25, 0.3) is 23.5 Å². The summed E-state index contributed by atoms with van der Waals surface area (Å²) in [7, 11) is 0. The summed E-state index contributed by atoms with van der Waals surface area (Å²) in [4.78, 5) is 65.7. The summed E-state index contributed by atoms with van der Waals surface area (Å²) in [6.07, 6.45) is 0. The number of hydrogen-bond donors (Lipinski definition) is 5. The topological polar surface area (TPSA) is 258 Å². The molecule has 43 heavy (non-hydrogen) atoms. The molecule has 0 spiro atoms. The van der Waals surface area contributed by atoms with Crippen LogP contribution in [0.3, 0.4) is 0 Å². The van der Waals surface area contributed by atoms with Crippen LogP contribution in [0.4, 0.5) is 5.13 Å². The molecule has 1 unspecified atom stereocenters. The zero-order chi connectivity index (χ0) is 31.1. The van der Waals surface area contributed by atoms with E-state index in [1.54, 1.807) is 13.0 Å². The third-order valence-electron chi connectivity index (χ3n) is 6.22. The molecule has 1 fully saturated rings. The van der Waals surface area contributed by atoms with Gasteiger partial charge in [-0.05, 0) is 42.8 Å². The fourth-order valence-corrected chi connectivity index (χ4v) is 7.15. The Morgan fingerprint density at radius 3 is 2.77 bits per heavy atom. The molecule has 21 heteroatoms. The molecule has 1 saturated heterocycles. The van der Waals surface area contributed by atoms with E-state index in [-0.39, 0.29) is 33.7 Å². The van der Waals surface area contributed by atoms with Crippen molar-refractivity contribution < 1.29 is 29.1 Å². The molecule has 18 nitrogen and oxygen atoms in total. The molecular formula is C22H24N12O6S3. The number of amides is 3. The van der Waals surface area contributed by atoms with Gasteiger partial charge in [0.15, 0.2) is 10.8 Å². The molecule has 3 aromatic heterocycles. The molecule has 226 valence electrons. The fourth-order valence-electron chi connectivity index (χ4n) is 4.07. The first kappa shape index (κ1) is 30.1. The minimum Gasteiger partial charge on any atom is -0.477 e. The van der Waals surface area contributed by atoms with E-state index < -0.39 is 40.7 Å². The number of fused-ring (bicyclic) bond motifs is 2. The van der Waals surface area contributed by atoms with E-state index in [4.69, 9.17) is 16.4 Å². The van der Waals surface area contributed by atoms with Crippen molar-refractivity contribution in [3.8, 4) is 0 Å². The van der Waals surface area contributed by atoms with E-state index >= 15 is 0 Å². The molecule has 5 heterocycles. The number of thioether (sulfide) groups is 2. The first-order valence-corrected chi connectivity index (χ1v) is 15.2. The standard InChI is InChI=1S/C22H24N12O6S3/c1-8-4-11(34-21(25-8)29-31-32-34)41-5-9-6-42-17-13(16(36)33(17)14(9)18(37)38)27-15(35)12(10-7-43-20(23)26-10)30-40-22(2,3)19(39)28-24/h4,7,13,17H,5-6,24H2,1-3H3,(H2,23,26)(H,27,35)(H,28,39)(H,37,38)/b30-12-/t13?,17-/m1/s1. The number of carboxylic acid groups (broad SMARTS) is 1. The summed E-state index contributed by atoms with van der Waals surface area (Å²) in [5, 5.41) is 29.4. The zero-order valence-corrected chi connectivity index (χ0v) is 25.1. The fraction of sp³-hybridized carbons (Fsp3) is 0.364. The Labute approximate surface area is 254 Å². The van der Waals surface area contributed by atoms with Crippen LogP contribution in [0.15, 0.2) is 32.9 Å². The van der Waals surface area contributed by atoms with E-state index in [1.165, 1.54) is 47.3 Å². The smallest absolute Gasteiger partial charge is 0.352 e. The van der Waals surface area contributed by atoms with Crippen molar-refractivity contribution in [2.24, 2.45) is 11.0 Å². The lowest BCUT2D eigenvalue weighted by Gasteiger charge is -2.49. The predicted octanol–water partition coefficient (Wildman–Crippen LogP) is -1.11. The summed E-state index contributed by atoms with van der Waals surface area (Å²) < 4.78 is 1.44. The van der Waals surface area contributed by atoms with Crippen LogP contribution in [-0.4, -0.2) is 97.9 Å². The largest absolute Gasteiger partial charge is 0.477 e. The monoisotopic (exact) mass is 648 g/mol. The minimum absolute atomic E-state index is 0.0531. The molecule has 2 aliphatic heterocycles. The maximum Gasteiger partial charge on any atom is 0.352 e. The van der Waals surface area contributed by atoms with Gasteiger partial charge in [-0.2, -0.15) is 4.52 Å². The van der Waals surface area contributed by atoms with Crippen LogP contribution in [0.2, 0.25) is 0 Å². The van der Waals surface area contributed by atoms with Gasteiger partial charge < -0.3 is 21.0 Å². The first-order valence-electron chi connectivity index (χ1n) is 12.3. The second-order valence-corrected chi connectivity index (χ2v) is 12.6. The van der Waals surface area contributed by atoms with Crippen LogP contribution in [0, 0.1) is 6.92 Å². The number of rotatable bonds is 10. The second kappa shape index (κ2) is 11.7. The first-order chi connectivity index (χ1) is 20.4. The van der Waals surface area contributed by atoms with E-state index in [9.17, 15) is 24.3 Å². The van der Waals surface area contributed by atoms with Crippen molar-refractivity contribution in [3.05, 3.63) is 34.1 Å². The van der Waals surface area contributed by atoms with Gasteiger partial charge in [0.2, 0.25) is 5.60 Å². The van der Waals surface area contributed by atoms with Gasteiger partial charge in [-0.3, -0.25) is 24.7 Å². The number of anilines is 1. The van der Waals surface area contributed by atoms with E-state index in [0.717, 1.165) is 16.2 Å². The maximum atomic E-state index is 13.3. The Kier molecular flexibility index (Phi) is 8.23. The van der Waals surface area contributed by atoms with Crippen molar-refractivity contribution in [1.29, 1.82) is 0 Å². The second-order valence-electron chi connectivity index (χ2n) is 9.62. The number of oxime groups is 1. The number of nitrogens with zero attached hydrogens (tertiary/aromatic N) is 8. The molecule has 2 aliphatic rings. The Balaban J connectivity index is 1.34. The van der Waals surface area contributed by atoms with Crippen LogP contribution >= 0.6 is 34.9 Å². The number of carbonyl (C=O) groups is 4. The lowest BCUT2D eigenvalue weighted by Crippen LogP contribution is -2.71. The highest BCUT2D eigenvalue weighted by Crippen LogP contribution is 2.41. The molecule has 5 rings (SSSR count). The Morgan fingerprint density at radius 1 is 1.33 bits per heavy atom. The van der Waals surface area contributed by atoms with Crippen LogP contribution in [0.5, 0.6) is 0 Å². The molecule has 0 radical (unpaired) electrons. The van der Waals surface area contributed by atoms with Crippen molar-refractivity contribution in [2.75, 3.05) is 17.2 Å². The number of β-lactam (4-membered cyclic amide) rings is 1. The third-order valence-corrected chi connectivity index (χ3v) is 9.32. The maximum absolute atomic E-state index is 13.3. The van der Waals surface area contributed by atoms with Crippen molar-refractivity contribution in [2.45, 2.75) is 42.8 Å². The quantitative estimate of drug-likeness (QED) is 0.0332. The molecule has 3 amide bonds. The van der Waals surface area contributed by atoms with Gasteiger partial charge >= 0.3 is 5.97 Å². The van der Waals surface area contributed by atoms with Crippen LogP contribution in [0.25, 0.3) is 5.78 Å². The average Bonchev–Trinajstić information content (AvgIpc) is 3.62. The highest BCUT2D eigenvalue weighted by atomic mass is 32.2. The number of thiazole rings is 1. The average molecular weight is 649 g/mol. The highest BCUT2D eigenvalue weighted by molar-refractivity contribution is 8.01. The Morgan fingerprint density at radius 2 is 2.09 bits per heavy atom. The summed E-state index contributed by atoms with van der Waals surface area (Å²) in [6.45, 7) is 4.55. The number of aliphatic carboxylic acids is 1. The molecule has 7 N–H and O–H groups in total. The molecule has 2 atom stereocenters. The number of carbonyl (C=O) groups excluding carboxylic acids is 3. The van der Waals surface area contributed by atoms with Gasteiger partial charge in [0.1, 0.15) is 27.8 Å². The number of tetrazole rings is 1. The lowest BCUT2D eigenvalue weighted by molar-refractivity contribution is -0.150. The number of carboxylic acids is 1.